The first kappa shape index (κ1) is 11.9. The third-order valence-electron chi connectivity index (χ3n) is 3.15. The highest BCUT2D eigenvalue weighted by Gasteiger charge is 2.18. The second-order valence-corrected chi connectivity index (χ2v) is 5.51. The van der Waals surface area contributed by atoms with E-state index < -0.39 is 0 Å². The molecule has 1 heterocycles. The number of fused-ring (bicyclic) bond motifs is 1. The van der Waals surface area contributed by atoms with Gasteiger partial charge in [0.1, 0.15) is 5.82 Å². The van der Waals surface area contributed by atoms with Crippen LogP contribution in [0.3, 0.4) is 0 Å². The van der Waals surface area contributed by atoms with Gasteiger partial charge in [-0.15, -0.1) is 0 Å². The summed E-state index contributed by atoms with van der Waals surface area (Å²) in [6, 6.07) is 8.49. The largest absolute Gasteiger partial charge is 0.383 e. The zero-order valence-corrected chi connectivity index (χ0v) is 11.0. The molecule has 0 saturated heterocycles. The maximum atomic E-state index is 6.09. The fraction of sp³-hybridized carbons (Fsp3) is 0.400. The van der Waals surface area contributed by atoms with Gasteiger partial charge in [0.2, 0.25) is 0 Å². The van der Waals surface area contributed by atoms with E-state index in [4.69, 9.17) is 5.73 Å². The first-order chi connectivity index (χ1) is 7.93. The van der Waals surface area contributed by atoms with Gasteiger partial charge in [-0.05, 0) is 23.5 Å². The van der Waals surface area contributed by atoms with E-state index in [1.807, 2.05) is 0 Å². The molecule has 1 aromatic heterocycles. The SMILES string of the molecule is CCc1cccc2cc(C(C)(C)C)c(N)nc12. The average molecular weight is 228 g/mol. The number of pyridine rings is 1. The van der Waals surface area contributed by atoms with Gasteiger partial charge in [0.15, 0.2) is 0 Å². The van der Waals surface area contributed by atoms with Gasteiger partial charge < -0.3 is 5.73 Å². The molecule has 0 bridgehead atoms. The molecule has 2 rings (SSSR count). The Morgan fingerprint density at radius 1 is 1.24 bits per heavy atom. The number of nitrogens with zero attached hydrogens (tertiary/aromatic N) is 1. The van der Waals surface area contributed by atoms with Crippen molar-refractivity contribution in [2.45, 2.75) is 39.5 Å². The fourth-order valence-corrected chi connectivity index (χ4v) is 2.16. The van der Waals surface area contributed by atoms with Crippen LogP contribution >= 0.6 is 0 Å². The number of hydrogen-bond acceptors (Lipinski definition) is 2. The maximum Gasteiger partial charge on any atom is 0.127 e. The fourth-order valence-electron chi connectivity index (χ4n) is 2.16. The van der Waals surface area contributed by atoms with Crippen molar-refractivity contribution in [2.75, 3.05) is 5.73 Å². The van der Waals surface area contributed by atoms with E-state index in [0.29, 0.717) is 5.82 Å². The molecule has 0 atom stereocenters. The van der Waals surface area contributed by atoms with Gasteiger partial charge >= 0.3 is 0 Å². The molecule has 17 heavy (non-hydrogen) atoms. The number of aryl methyl sites for hydroxylation is 1. The van der Waals surface area contributed by atoms with Crippen molar-refractivity contribution >= 4 is 16.7 Å². The van der Waals surface area contributed by atoms with Gasteiger partial charge in [0.25, 0.3) is 0 Å². The summed E-state index contributed by atoms with van der Waals surface area (Å²) in [5.41, 5.74) is 9.54. The Hall–Kier alpha value is -1.57. The van der Waals surface area contributed by atoms with Gasteiger partial charge in [-0.1, -0.05) is 45.9 Å². The predicted octanol–water partition coefficient (Wildman–Crippen LogP) is 3.68. The molecule has 1 aromatic carbocycles. The molecule has 2 heteroatoms. The zero-order chi connectivity index (χ0) is 12.6. The van der Waals surface area contributed by atoms with Crippen LogP contribution in [-0.4, -0.2) is 4.98 Å². The number of aromatic nitrogens is 1. The number of nitrogen functional groups attached to an aromatic ring is 1. The molecule has 0 saturated carbocycles. The number of benzene rings is 1. The van der Waals surface area contributed by atoms with E-state index >= 15 is 0 Å². The van der Waals surface area contributed by atoms with Crippen LogP contribution in [-0.2, 0) is 11.8 Å². The van der Waals surface area contributed by atoms with Crippen molar-refractivity contribution < 1.29 is 0 Å². The molecular formula is C15H20N2. The van der Waals surface area contributed by atoms with Crippen LogP contribution in [0.15, 0.2) is 24.3 Å². The Morgan fingerprint density at radius 3 is 2.53 bits per heavy atom. The molecular weight excluding hydrogens is 208 g/mol. The second-order valence-electron chi connectivity index (χ2n) is 5.51. The average Bonchev–Trinajstić information content (AvgIpc) is 2.26. The molecule has 0 amide bonds. The monoisotopic (exact) mass is 228 g/mol. The molecule has 0 unspecified atom stereocenters. The molecule has 2 aromatic rings. The van der Waals surface area contributed by atoms with Gasteiger partial charge in [-0.25, -0.2) is 4.98 Å². The summed E-state index contributed by atoms with van der Waals surface area (Å²) < 4.78 is 0. The lowest BCUT2D eigenvalue weighted by molar-refractivity contribution is 0.591. The van der Waals surface area contributed by atoms with E-state index in [0.717, 1.165) is 17.5 Å². The molecule has 0 aliphatic carbocycles. The van der Waals surface area contributed by atoms with E-state index in [-0.39, 0.29) is 5.41 Å². The lowest BCUT2D eigenvalue weighted by Gasteiger charge is -2.21. The minimum absolute atomic E-state index is 0.0352. The molecule has 90 valence electrons. The molecule has 0 aliphatic heterocycles. The summed E-state index contributed by atoms with van der Waals surface area (Å²) in [6.45, 7) is 8.63. The van der Waals surface area contributed by atoms with E-state index in [2.05, 4.69) is 56.9 Å². The Kier molecular flexibility index (Phi) is 2.82. The number of nitrogens with two attached hydrogens (primary N) is 1. The molecule has 0 spiro atoms. The van der Waals surface area contributed by atoms with Crippen molar-refractivity contribution in [1.82, 2.24) is 4.98 Å². The van der Waals surface area contributed by atoms with Gasteiger partial charge in [0.05, 0.1) is 5.52 Å². The first-order valence-corrected chi connectivity index (χ1v) is 6.12. The highest BCUT2D eigenvalue weighted by molar-refractivity contribution is 5.84. The van der Waals surface area contributed by atoms with Crippen LogP contribution in [0, 0.1) is 0 Å². The highest BCUT2D eigenvalue weighted by Crippen LogP contribution is 2.30. The minimum Gasteiger partial charge on any atom is -0.383 e. The van der Waals surface area contributed by atoms with Gasteiger partial charge in [-0.3, -0.25) is 0 Å². The Balaban J connectivity index is 2.75. The normalized spacial score (nSPS) is 12.0. The van der Waals surface area contributed by atoms with Crippen molar-refractivity contribution in [3.63, 3.8) is 0 Å². The summed E-state index contributed by atoms with van der Waals surface area (Å²) in [4.78, 5) is 4.59. The zero-order valence-electron chi connectivity index (χ0n) is 11.0. The Labute approximate surface area is 103 Å². The highest BCUT2D eigenvalue weighted by atomic mass is 14.8. The van der Waals surface area contributed by atoms with E-state index in [1.165, 1.54) is 10.9 Å². The van der Waals surface area contributed by atoms with Gasteiger partial charge in [-0.2, -0.15) is 0 Å². The number of hydrogen-bond donors (Lipinski definition) is 1. The Bertz CT molecular complexity index is 551. The predicted molar refractivity (Wildman–Crippen MR) is 74.2 cm³/mol. The maximum absolute atomic E-state index is 6.09. The standard InChI is InChI=1S/C15H20N2/c1-5-10-7-6-8-11-9-12(15(2,3)4)14(16)17-13(10)11/h6-9H,5H2,1-4H3,(H2,16,17). The molecule has 0 radical (unpaired) electrons. The lowest BCUT2D eigenvalue weighted by Crippen LogP contribution is -2.15. The summed E-state index contributed by atoms with van der Waals surface area (Å²) in [5, 5.41) is 1.18. The van der Waals surface area contributed by atoms with Crippen LogP contribution in [0.5, 0.6) is 0 Å². The lowest BCUT2D eigenvalue weighted by atomic mass is 9.86. The molecule has 2 N–H and O–H groups in total. The van der Waals surface area contributed by atoms with E-state index in [9.17, 15) is 0 Å². The van der Waals surface area contributed by atoms with Crippen molar-refractivity contribution in [3.05, 3.63) is 35.4 Å². The van der Waals surface area contributed by atoms with Crippen molar-refractivity contribution in [3.8, 4) is 0 Å². The number of rotatable bonds is 1. The minimum atomic E-state index is 0.0352. The van der Waals surface area contributed by atoms with Crippen LogP contribution < -0.4 is 5.73 Å². The van der Waals surface area contributed by atoms with Crippen molar-refractivity contribution in [2.24, 2.45) is 0 Å². The third kappa shape index (κ3) is 2.12. The number of para-hydroxylation sites is 1. The summed E-state index contributed by atoms with van der Waals surface area (Å²) >= 11 is 0. The Morgan fingerprint density at radius 2 is 1.94 bits per heavy atom. The van der Waals surface area contributed by atoms with Crippen LogP contribution in [0.2, 0.25) is 0 Å². The van der Waals surface area contributed by atoms with Crippen LogP contribution in [0.1, 0.15) is 38.8 Å². The second kappa shape index (κ2) is 4.02. The molecule has 0 aliphatic rings. The van der Waals surface area contributed by atoms with Crippen LogP contribution in [0.25, 0.3) is 10.9 Å². The summed E-state index contributed by atoms with van der Waals surface area (Å²) in [7, 11) is 0. The van der Waals surface area contributed by atoms with Crippen LogP contribution in [0.4, 0.5) is 5.82 Å². The van der Waals surface area contributed by atoms with Gasteiger partial charge in [0, 0.05) is 10.9 Å². The first-order valence-electron chi connectivity index (χ1n) is 6.12. The molecule has 2 nitrogen and oxygen atoms in total. The topological polar surface area (TPSA) is 38.9 Å². The van der Waals surface area contributed by atoms with Crippen molar-refractivity contribution in [1.29, 1.82) is 0 Å². The molecule has 0 fully saturated rings. The smallest absolute Gasteiger partial charge is 0.127 e. The summed E-state index contributed by atoms with van der Waals surface area (Å²) in [6.07, 6.45) is 0.985. The van der Waals surface area contributed by atoms with E-state index in [1.54, 1.807) is 0 Å². The third-order valence-corrected chi connectivity index (χ3v) is 3.15. The quantitative estimate of drug-likeness (QED) is 0.808. The summed E-state index contributed by atoms with van der Waals surface area (Å²) in [5.74, 6) is 0.658. The number of anilines is 1.